The molecule has 2 unspecified atom stereocenters. The maximum absolute atomic E-state index is 11.5. The Bertz CT molecular complexity index is 537. The summed E-state index contributed by atoms with van der Waals surface area (Å²) < 4.78 is 5.96. The first-order valence-electron chi connectivity index (χ1n) is 7.21. The highest BCUT2D eigenvalue weighted by Gasteiger charge is 2.39. The number of benzene rings is 1. The van der Waals surface area contributed by atoms with E-state index in [-0.39, 0.29) is 11.7 Å². The van der Waals surface area contributed by atoms with Crippen LogP contribution in [0.5, 0.6) is 0 Å². The van der Waals surface area contributed by atoms with Crippen LogP contribution in [0.4, 0.5) is 11.4 Å². The maximum Gasteiger partial charge on any atom is 0.326 e. The smallest absolute Gasteiger partial charge is 0.326 e. The first-order valence-corrected chi connectivity index (χ1v) is 7.21. The average Bonchev–Trinajstić information content (AvgIpc) is 2.74. The van der Waals surface area contributed by atoms with Gasteiger partial charge in [-0.15, -0.1) is 0 Å². The molecule has 1 aromatic rings. The molecule has 1 aromatic carbocycles. The Morgan fingerprint density at radius 3 is 2.62 bits per heavy atom. The van der Waals surface area contributed by atoms with Gasteiger partial charge in [-0.2, -0.15) is 0 Å². The highest BCUT2D eigenvalue weighted by atomic mass is 16.5. The molecule has 116 valence electrons. The van der Waals surface area contributed by atoms with Crippen molar-refractivity contribution in [2.45, 2.75) is 51.9 Å². The van der Waals surface area contributed by atoms with Crippen LogP contribution >= 0.6 is 0 Å². The van der Waals surface area contributed by atoms with Gasteiger partial charge in [0.2, 0.25) is 0 Å². The van der Waals surface area contributed by atoms with Crippen LogP contribution in [0.15, 0.2) is 18.2 Å². The van der Waals surface area contributed by atoms with Gasteiger partial charge in [0.15, 0.2) is 0 Å². The number of carboxylic acid groups (broad SMARTS) is 1. The number of carboxylic acids is 1. The number of rotatable bonds is 3. The molecule has 0 saturated carbocycles. The molecule has 5 nitrogen and oxygen atoms in total. The Balaban J connectivity index is 2.23. The molecule has 2 atom stereocenters. The molecule has 0 bridgehead atoms. The van der Waals surface area contributed by atoms with E-state index in [1.54, 1.807) is 0 Å². The number of nitrogens with two attached hydrogens (primary N) is 1. The summed E-state index contributed by atoms with van der Waals surface area (Å²) in [6.45, 7) is 8.46. The molecule has 1 aliphatic heterocycles. The molecule has 2 rings (SSSR count). The quantitative estimate of drug-likeness (QED) is 0.837. The number of hydrogen-bond donors (Lipinski definition) is 2. The van der Waals surface area contributed by atoms with Crippen molar-refractivity contribution in [1.29, 1.82) is 0 Å². The lowest BCUT2D eigenvalue weighted by atomic mass is 10.1. The van der Waals surface area contributed by atoms with Gasteiger partial charge in [0.25, 0.3) is 0 Å². The van der Waals surface area contributed by atoms with E-state index in [9.17, 15) is 9.90 Å². The van der Waals surface area contributed by atoms with Crippen LogP contribution in [-0.4, -0.2) is 35.4 Å². The highest BCUT2D eigenvalue weighted by molar-refractivity contribution is 5.79. The third-order valence-electron chi connectivity index (χ3n) is 3.65. The fourth-order valence-electron chi connectivity index (χ4n) is 2.74. The van der Waals surface area contributed by atoms with Gasteiger partial charge in [0, 0.05) is 24.3 Å². The zero-order chi connectivity index (χ0) is 15.8. The summed E-state index contributed by atoms with van der Waals surface area (Å²) in [5.41, 5.74) is 8.11. The first-order chi connectivity index (χ1) is 9.67. The van der Waals surface area contributed by atoms with Crippen LogP contribution < -0.4 is 10.6 Å². The Kier molecular flexibility index (Phi) is 4.14. The van der Waals surface area contributed by atoms with E-state index in [4.69, 9.17) is 10.5 Å². The van der Waals surface area contributed by atoms with Crippen molar-refractivity contribution in [2.24, 2.45) is 0 Å². The van der Waals surface area contributed by atoms with Crippen molar-refractivity contribution in [3.63, 3.8) is 0 Å². The van der Waals surface area contributed by atoms with Crippen molar-refractivity contribution in [2.75, 3.05) is 17.2 Å². The molecule has 3 N–H and O–H groups in total. The monoisotopic (exact) mass is 292 g/mol. The third kappa shape index (κ3) is 3.67. The Labute approximate surface area is 125 Å². The maximum atomic E-state index is 11.5. The van der Waals surface area contributed by atoms with Crippen molar-refractivity contribution in [3.8, 4) is 0 Å². The molecule has 0 aliphatic carbocycles. The molecule has 1 heterocycles. The average molecular weight is 292 g/mol. The number of hydrogen-bond acceptors (Lipinski definition) is 4. The Morgan fingerprint density at radius 2 is 2.10 bits per heavy atom. The number of nitrogen functional groups attached to an aromatic ring is 1. The van der Waals surface area contributed by atoms with E-state index in [0.717, 1.165) is 11.3 Å². The standard InChI is InChI=1S/C16H24N2O3/c1-10-7-11(5-6-13(10)17)18-9-12(21-16(2,3)4)8-14(18)15(19)20/h5-7,12,14H,8-9,17H2,1-4H3,(H,19,20). The topological polar surface area (TPSA) is 75.8 Å². The Hall–Kier alpha value is -1.75. The lowest BCUT2D eigenvalue weighted by molar-refractivity contribution is -0.139. The van der Waals surface area contributed by atoms with Crippen molar-refractivity contribution in [1.82, 2.24) is 0 Å². The number of aliphatic carboxylic acids is 1. The minimum atomic E-state index is -0.815. The predicted molar refractivity (Wildman–Crippen MR) is 83.6 cm³/mol. The Morgan fingerprint density at radius 1 is 1.43 bits per heavy atom. The molecular formula is C16H24N2O3. The van der Waals surface area contributed by atoms with Crippen LogP contribution in [0.3, 0.4) is 0 Å². The van der Waals surface area contributed by atoms with E-state index in [1.165, 1.54) is 0 Å². The summed E-state index contributed by atoms with van der Waals surface area (Å²) in [6.07, 6.45) is 0.416. The molecule has 21 heavy (non-hydrogen) atoms. The fourth-order valence-corrected chi connectivity index (χ4v) is 2.74. The molecule has 0 spiro atoms. The van der Waals surface area contributed by atoms with Crippen LogP contribution in [0, 0.1) is 6.92 Å². The largest absolute Gasteiger partial charge is 0.480 e. The van der Waals surface area contributed by atoms with E-state index in [1.807, 2.05) is 50.8 Å². The highest BCUT2D eigenvalue weighted by Crippen LogP contribution is 2.31. The van der Waals surface area contributed by atoms with E-state index in [2.05, 4.69) is 0 Å². The molecule has 0 amide bonds. The lowest BCUT2D eigenvalue weighted by Crippen LogP contribution is -2.36. The van der Waals surface area contributed by atoms with Crippen LogP contribution in [-0.2, 0) is 9.53 Å². The second-order valence-electron chi connectivity index (χ2n) is 6.64. The summed E-state index contributed by atoms with van der Waals surface area (Å²) in [6, 6.07) is 5.07. The second-order valence-corrected chi connectivity index (χ2v) is 6.64. The lowest BCUT2D eigenvalue weighted by Gasteiger charge is -2.26. The van der Waals surface area contributed by atoms with Gasteiger partial charge < -0.3 is 20.5 Å². The summed E-state index contributed by atoms with van der Waals surface area (Å²) in [4.78, 5) is 13.4. The third-order valence-corrected chi connectivity index (χ3v) is 3.65. The minimum absolute atomic E-state index is 0.0797. The molecule has 1 aliphatic rings. The summed E-state index contributed by atoms with van der Waals surface area (Å²) in [5.74, 6) is -0.815. The van der Waals surface area contributed by atoms with Gasteiger partial charge in [0.05, 0.1) is 11.7 Å². The van der Waals surface area contributed by atoms with Crippen LogP contribution in [0.25, 0.3) is 0 Å². The fraction of sp³-hybridized carbons (Fsp3) is 0.562. The van der Waals surface area contributed by atoms with E-state index < -0.39 is 12.0 Å². The SMILES string of the molecule is Cc1cc(N2CC(OC(C)(C)C)CC2C(=O)O)ccc1N. The molecule has 5 heteroatoms. The van der Waals surface area contributed by atoms with Gasteiger partial charge in [-0.3, -0.25) is 0 Å². The number of aryl methyl sites for hydroxylation is 1. The van der Waals surface area contributed by atoms with Crippen LogP contribution in [0.2, 0.25) is 0 Å². The van der Waals surface area contributed by atoms with Gasteiger partial charge in [-0.05, 0) is 51.5 Å². The van der Waals surface area contributed by atoms with Gasteiger partial charge in [-0.25, -0.2) is 4.79 Å². The zero-order valence-electron chi connectivity index (χ0n) is 13.1. The van der Waals surface area contributed by atoms with E-state index >= 15 is 0 Å². The predicted octanol–water partition coefficient (Wildman–Crippen LogP) is 2.42. The first kappa shape index (κ1) is 15.6. The van der Waals surface area contributed by atoms with Gasteiger partial charge in [0.1, 0.15) is 6.04 Å². The molecular weight excluding hydrogens is 268 g/mol. The summed E-state index contributed by atoms with van der Waals surface area (Å²) in [7, 11) is 0. The minimum Gasteiger partial charge on any atom is -0.480 e. The zero-order valence-corrected chi connectivity index (χ0v) is 13.1. The normalized spacial score (nSPS) is 22.6. The van der Waals surface area contributed by atoms with Gasteiger partial charge >= 0.3 is 5.97 Å². The number of nitrogens with zero attached hydrogens (tertiary/aromatic N) is 1. The summed E-state index contributed by atoms with van der Waals surface area (Å²) in [5, 5.41) is 9.46. The number of ether oxygens (including phenoxy) is 1. The second kappa shape index (κ2) is 5.56. The molecule has 0 radical (unpaired) electrons. The molecule has 1 fully saturated rings. The van der Waals surface area contributed by atoms with Crippen LogP contribution in [0.1, 0.15) is 32.8 Å². The molecule has 0 aromatic heterocycles. The summed E-state index contributed by atoms with van der Waals surface area (Å²) >= 11 is 0. The number of carbonyl (C=O) groups is 1. The van der Waals surface area contributed by atoms with Gasteiger partial charge in [-0.1, -0.05) is 0 Å². The van der Waals surface area contributed by atoms with Crippen molar-refractivity contribution in [3.05, 3.63) is 23.8 Å². The number of anilines is 2. The van der Waals surface area contributed by atoms with Crippen molar-refractivity contribution < 1.29 is 14.6 Å². The van der Waals surface area contributed by atoms with E-state index in [0.29, 0.717) is 18.7 Å². The van der Waals surface area contributed by atoms with Crippen molar-refractivity contribution >= 4 is 17.3 Å². The molecule has 1 saturated heterocycles.